The van der Waals surface area contributed by atoms with Gasteiger partial charge in [0.05, 0.1) is 6.20 Å². The molecule has 0 unspecified atom stereocenters. The van der Waals surface area contributed by atoms with Crippen LogP contribution in [0, 0.1) is 0 Å². The van der Waals surface area contributed by atoms with Crippen molar-refractivity contribution in [3.05, 3.63) is 60.4 Å². The second kappa shape index (κ2) is 5.78. The van der Waals surface area contributed by atoms with Crippen LogP contribution in [-0.2, 0) is 13.1 Å². The molecule has 0 saturated heterocycles. The Bertz CT molecular complexity index is 695. The first-order valence-electron chi connectivity index (χ1n) is 7.10. The van der Waals surface area contributed by atoms with E-state index >= 15 is 0 Å². The Kier molecular flexibility index (Phi) is 3.68. The quantitative estimate of drug-likeness (QED) is 0.754. The third kappa shape index (κ3) is 2.67. The van der Waals surface area contributed by atoms with Gasteiger partial charge in [-0.3, -0.25) is 4.68 Å². The minimum atomic E-state index is 0.803. The smallest absolute Gasteiger partial charge is 0.0539 e. The van der Waals surface area contributed by atoms with Crippen molar-refractivity contribution in [2.75, 3.05) is 5.32 Å². The van der Waals surface area contributed by atoms with Crippen molar-refractivity contribution in [2.24, 2.45) is 0 Å². The Labute approximate surface area is 119 Å². The summed E-state index contributed by atoms with van der Waals surface area (Å²) in [6, 6.07) is 14.8. The molecule has 3 aromatic rings. The van der Waals surface area contributed by atoms with Gasteiger partial charge in [0.2, 0.25) is 0 Å². The SMILES string of the molecule is CCCn1cc(CNc2cccc3ccccc23)cn1. The summed E-state index contributed by atoms with van der Waals surface area (Å²) < 4.78 is 2.00. The van der Waals surface area contributed by atoms with Gasteiger partial charge in [0, 0.05) is 35.9 Å². The lowest BCUT2D eigenvalue weighted by atomic mass is 10.1. The predicted molar refractivity (Wildman–Crippen MR) is 83.8 cm³/mol. The molecule has 3 nitrogen and oxygen atoms in total. The standard InChI is InChI=1S/C17H19N3/c1-2-10-20-13-14(12-19-20)11-18-17-9-5-7-15-6-3-4-8-16(15)17/h3-9,12-13,18H,2,10-11H2,1H3. The maximum absolute atomic E-state index is 4.36. The van der Waals surface area contributed by atoms with Crippen molar-refractivity contribution in [3.8, 4) is 0 Å². The van der Waals surface area contributed by atoms with Crippen LogP contribution in [0.15, 0.2) is 54.9 Å². The number of aromatic nitrogens is 2. The topological polar surface area (TPSA) is 29.9 Å². The predicted octanol–water partition coefficient (Wildman–Crippen LogP) is 4.06. The second-order valence-electron chi connectivity index (χ2n) is 4.99. The Hall–Kier alpha value is -2.29. The molecule has 20 heavy (non-hydrogen) atoms. The number of aryl methyl sites for hydroxylation is 1. The van der Waals surface area contributed by atoms with Crippen LogP contribution in [0.2, 0.25) is 0 Å². The van der Waals surface area contributed by atoms with Crippen LogP contribution in [0.5, 0.6) is 0 Å². The highest BCUT2D eigenvalue weighted by molar-refractivity contribution is 5.93. The number of fused-ring (bicyclic) bond motifs is 1. The molecular weight excluding hydrogens is 246 g/mol. The van der Waals surface area contributed by atoms with E-state index in [1.54, 1.807) is 0 Å². The fourth-order valence-corrected chi connectivity index (χ4v) is 2.43. The summed E-state index contributed by atoms with van der Waals surface area (Å²) >= 11 is 0. The van der Waals surface area contributed by atoms with Gasteiger partial charge in [0.1, 0.15) is 0 Å². The van der Waals surface area contributed by atoms with Gasteiger partial charge in [0.25, 0.3) is 0 Å². The summed E-state index contributed by atoms with van der Waals surface area (Å²) in [7, 11) is 0. The van der Waals surface area contributed by atoms with Crippen LogP contribution in [0.4, 0.5) is 5.69 Å². The summed E-state index contributed by atoms with van der Waals surface area (Å²) in [5.41, 5.74) is 2.39. The molecule has 1 N–H and O–H groups in total. The van der Waals surface area contributed by atoms with E-state index < -0.39 is 0 Å². The van der Waals surface area contributed by atoms with E-state index in [0.717, 1.165) is 19.5 Å². The molecule has 0 saturated carbocycles. The zero-order valence-corrected chi connectivity index (χ0v) is 11.7. The highest BCUT2D eigenvalue weighted by Gasteiger charge is 2.01. The molecular formula is C17H19N3. The molecule has 0 aliphatic rings. The average molecular weight is 265 g/mol. The molecule has 3 rings (SSSR count). The van der Waals surface area contributed by atoms with Gasteiger partial charge in [-0.15, -0.1) is 0 Å². The fraction of sp³-hybridized carbons (Fsp3) is 0.235. The first kappa shape index (κ1) is 12.7. The maximum Gasteiger partial charge on any atom is 0.0539 e. The van der Waals surface area contributed by atoms with Crippen molar-refractivity contribution in [2.45, 2.75) is 26.4 Å². The monoisotopic (exact) mass is 265 g/mol. The third-order valence-corrected chi connectivity index (χ3v) is 3.41. The maximum atomic E-state index is 4.36. The summed E-state index contributed by atoms with van der Waals surface area (Å²) in [6.07, 6.45) is 5.16. The first-order valence-corrected chi connectivity index (χ1v) is 7.10. The van der Waals surface area contributed by atoms with Crippen LogP contribution in [-0.4, -0.2) is 9.78 Å². The number of anilines is 1. The molecule has 0 aliphatic heterocycles. The molecule has 0 amide bonds. The molecule has 2 aromatic carbocycles. The third-order valence-electron chi connectivity index (χ3n) is 3.41. The van der Waals surface area contributed by atoms with E-state index in [9.17, 15) is 0 Å². The molecule has 0 fully saturated rings. The average Bonchev–Trinajstić information content (AvgIpc) is 2.93. The van der Waals surface area contributed by atoms with Crippen molar-refractivity contribution < 1.29 is 0 Å². The summed E-state index contributed by atoms with van der Waals surface area (Å²) in [5, 5.41) is 10.4. The molecule has 102 valence electrons. The van der Waals surface area contributed by atoms with E-state index in [-0.39, 0.29) is 0 Å². The van der Waals surface area contributed by atoms with Gasteiger partial charge in [-0.25, -0.2) is 0 Å². The molecule has 3 heteroatoms. The molecule has 0 atom stereocenters. The number of nitrogens with zero attached hydrogens (tertiary/aromatic N) is 2. The highest BCUT2D eigenvalue weighted by Crippen LogP contribution is 2.23. The van der Waals surface area contributed by atoms with Gasteiger partial charge in [-0.05, 0) is 17.9 Å². The zero-order chi connectivity index (χ0) is 13.8. The molecule has 0 radical (unpaired) electrons. The number of hydrogen-bond acceptors (Lipinski definition) is 2. The minimum absolute atomic E-state index is 0.803. The van der Waals surface area contributed by atoms with E-state index in [4.69, 9.17) is 0 Å². The van der Waals surface area contributed by atoms with E-state index in [1.807, 2.05) is 10.9 Å². The van der Waals surface area contributed by atoms with Crippen LogP contribution < -0.4 is 5.32 Å². The fourth-order valence-electron chi connectivity index (χ4n) is 2.43. The lowest BCUT2D eigenvalue weighted by molar-refractivity contribution is 0.602. The Morgan fingerprint density at radius 1 is 1.10 bits per heavy atom. The normalized spacial score (nSPS) is 10.8. The van der Waals surface area contributed by atoms with Crippen LogP contribution in [0.1, 0.15) is 18.9 Å². The van der Waals surface area contributed by atoms with Gasteiger partial charge in [0.15, 0.2) is 0 Å². The van der Waals surface area contributed by atoms with Gasteiger partial charge < -0.3 is 5.32 Å². The van der Waals surface area contributed by atoms with Crippen LogP contribution >= 0.6 is 0 Å². The highest BCUT2D eigenvalue weighted by atomic mass is 15.3. The van der Waals surface area contributed by atoms with Gasteiger partial charge >= 0.3 is 0 Å². The zero-order valence-electron chi connectivity index (χ0n) is 11.7. The Morgan fingerprint density at radius 2 is 1.95 bits per heavy atom. The summed E-state index contributed by atoms with van der Waals surface area (Å²) in [5.74, 6) is 0. The summed E-state index contributed by atoms with van der Waals surface area (Å²) in [6.45, 7) is 3.95. The lowest BCUT2D eigenvalue weighted by Gasteiger charge is -2.08. The van der Waals surface area contributed by atoms with Gasteiger partial charge in [-0.1, -0.05) is 43.3 Å². The van der Waals surface area contributed by atoms with Crippen molar-refractivity contribution in [1.82, 2.24) is 9.78 Å². The lowest BCUT2D eigenvalue weighted by Crippen LogP contribution is -1.99. The second-order valence-corrected chi connectivity index (χ2v) is 4.99. The number of hydrogen-bond donors (Lipinski definition) is 1. The first-order chi connectivity index (χ1) is 9.86. The van der Waals surface area contributed by atoms with Crippen LogP contribution in [0.3, 0.4) is 0 Å². The molecule has 0 spiro atoms. The van der Waals surface area contributed by atoms with Crippen molar-refractivity contribution in [1.29, 1.82) is 0 Å². The van der Waals surface area contributed by atoms with Gasteiger partial charge in [-0.2, -0.15) is 5.10 Å². The van der Waals surface area contributed by atoms with Crippen LogP contribution in [0.25, 0.3) is 10.8 Å². The minimum Gasteiger partial charge on any atom is -0.380 e. The Balaban J connectivity index is 1.76. The Morgan fingerprint density at radius 3 is 2.85 bits per heavy atom. The largest absolute Gasteiger partial charge is 0.380 e. The summed E-state index contributed by atoms with van der Waals surface area (Å²) in [4.78, 5) is 0. The molecule has 0 bridgehead atoms. The van der Waals surface area contributed by atoms with E-state index in [2.05, 4.69) is 66.0 Å². The van der Waals surface area contributed by atoms with Crippen molar-refractivity contribution in [3.63, 3.8) is 0 Å². The number of benzene rings is 2. The molecule has 1 heterocycles. The van der Waals surface area contributed by atoms with Crippen molar-refractivity contribution >= 4 is 16.5 Å². The molecule has 0 aliphatic carbocycles. The number of nitrogens with one attached hydrogen (secondary N) is 1. The van der Waals surface area contributed by atoms with E-state index in [0.29, 0.717) is 0 Å². The molecule has 1 aromatic heterocycles. The van der Waals surface area contributed by atoms with E-state index in [1.165, 1.54) is 22.0 Å². The number of rotatable bonds is 5.